The van der Waals surface area contributed by atoms with Gasteiger partial charge in [-0.2, -0.15) is 0 Å². The third-order valence-electron chi connectivity index (χ3n) is 3.97. The second kappa shape index (κ2) is 5.48. The van der Waals surface area contributed by atoms with Crippen LogP contribution in [0.15, 0.2) is 29.2 Å². The summed E-state index contributed by atoms with van der Waals surface area (Å²) in [7, 11) is 0. The Morgan fingerprint density at radius 2 is 1.95 bits per heavy atom. The van der Waals surface area contributed by atoms with E-state index in [0.29, 0.717) is 18.5 Å². The smallest absolute Gasteiger partial charge is 0.329 e. The van der Waals surface area contributed by atoms with Crippen LogP contribution in [-0.4, -0.2) is 27.8 Å². The Hall–Kier alpha value is -1.49. The fraction of sp³-hybridized carbons (Fsp3) is 0.467. The normalized spacial score (nSPS) is 18.9. The minimum atomic E-state index is -1.16. The van der Waals surface area contributed by atoms with Crippen LogP contribution in [0.4, 0.5) is 5.69 Å². The lowest BCUT2D eigenvalue weighted by Gasteiger charge is -2.43. The summed E-state index contributed by atoms with van der Waals surface area (Å²) in [4.78, 5) is 26.9. The van der Waals surface area contributed by atoms with Gasteiger partial charge in [-0.1, -0.05) is 26.0 Å². The van der Waals surface area contributed by atoms with E-state index in [1.165, 1.54) is 16.7 Å². The number of anilines is 1. The summed E-state index contributed by atoms with van der Waals surface area (Å²) in [5.41, 5.74) is -0.450. The van der Waals surface area contributed by atoms with Crippen molar-refractivity contribution in [2.75, 3.05) is 4.90 Å². The van der Waals surface area contributed by atoms with Crippen molar-refractivity contribution in [1.29, 1.82) is 0 Å². The number of benzene rings is 1. The molecule has 1 aliphatic rings. The molecule has 0 bridgehead atoms. The van der Waals surface area contributed by atoms with Crippen LogP contribution in [0, 0.1) is 0 Å². The van der Waals surface area contributed by atoms with Crippen LogP contribution >= 0.6 is 11.8 Å². The van der Waals surface area contributed by atoms with Crippen LogP contribution in [0.1, 0.15) is 33.6 Å². The molecule has 0 spiro atoms. The van der Waals surface area contributed by atoms with Crippen LogP contribution in [-0.2, 0) is 9.59 Å². The number of rotatable bonds is 4. The molecule has 1 atom stereocenters. The van der Waals surface area contributed by atoms with Crippen molar-refractivity contribution in [2.45, 2.75) is 49.3 Å². The molecule has 108 valence electrons. The molecule has 1 aromatic carbocycles. The predicted octanol–water partition coefficient (Wildman–Crippen LogP) is 3.16. The zero-order chi connectivity index (χ0) is 14.9. The average molecular weight is 293 g/mol. The maximum absolute atomic E-state index is 12.6. The Labute approximate surface area is 123 Å². The molecular weight excluding hydrogens is 274 g/mol. The molecule has 0 saturated heterocycles. The fourth-order valence-corrected chi connectivity index (χ4v) is 3.71. The standard InChI is InChI=1S/C15H19NO3S/c1-4-15(5-2,14(18)19)16-11-8-6-7-9-12(11)20-10(3)13(16)17/h6-10H,4-5H2,1-3H3,(H,18,19). The van der Waals surface area contributed by atoms with Crippen LogP contribution < -0.4 is 4.90 Å². The number of nitrogens with zero attached hydrogens (tertiary/aromatic N) is 1. The molecule has 1 aromatic rings. The zero-order valence-corrected chi connectivity index (χ0v) is 12.7. The van der Waals surface area contributed by atoms with Gasteiger partial charge in [0.05, 0.1) is 10.9 Å². The quantitative estimate of drug-likeness (QED) is 0.926. The molecule has 4 nitrogen and oxygen atoms in total. The first-order valence-electron chi connectivity index (χ1n) is 6.81. The van der Waals surface area contributed by atoms with Crippen molar-refractivity contribution in [3.8, 4) is 0 Å². The van der Waals surface area contributed by atoms with Gasteiger partial charge in [-0.15, -0.1) is 11.8 Å². The van der Waals surface area contributed by atoms with E-state index < -0.39 is 11.5 Å². The van der Waals surface area contributed by atoms with Crippen molar-refractivity contribution in [1.82, 2.24) is 0 Å². The van der Waals surface area contributed by atoms with E-state index in [1.807, 2.05) is 45.0 Å². The van der Waals surface area contributed by atoms with Crippen molar-refractivity contribution in [3.05, 3.63) is 24.3 Å². The summed E-state index contributed by atoms with van der Waals surface area (Å²) in [6.07, 6.45) is 0.770. The molecule has 1 unspecified atom stereocenters. The molecule has 5 heteroatoms. The highest BCUT2D eigenvalue weighted by atomic mass is 32.2. The highest BCUT2D eigenvalue weighted by Gasteiger charge is 2.48. The molecule has 1 N–H and O–H groups in total. The second-order valence-corrected chi connectivity index (χ2v) is 6.33. The van der Waals surface area contributed by atoms with Crippen LogP contribution in [0.5, 0.6) is 0 Å². The van der Waals surface area contributed by atoms with Gasteiger partial charge < -0.3 is 5.11 Å². The summed E-state index contributed by atoms with van der Waals surface area (Å²) in [6.45, 7) is 5.47. The number of carbonyl (C=O) groups excluding carboxylic acids is 1. The lowest BCUT2D eigenvalue weighted by molar-refractivity contribution is -0.145. The maximum atomic E-state index is 12.6. The van der Waals surface area contributed by atoms with Crippen molar-refractivity contribution >= 4 is 29.3 Å². The Balaban J connectivity index is 2.64. The first kappa shape index (κ1) is 14.9. The predicted molar refractivity (Wildman–Crippen MR) is 80.2 cm³/mol. The number of carbonyl (C=O) groups is 2. The number of carboxylic acid groups (broad SMARTS) is 1. The average Bonchev–Trinajstić information content (AvgIpc) is 2.44. The van der Waals surface area contributed by atoms with Gasteiger partial charge in [0.25, 0.3) is 0 Å². The van der Waals surface area contributed by atoms with Gasteiger partial charge in [0.1, 0.15) is 5.54 Å². The molecule has 1 heterocycles. The van der Waals surface area contributed by atoms with E-state index >= 15 is 0 Å². The Morgan fingerprint density at radius 3 is 2.50 bits per heavy atom. The van der Waals surface area contributed by atoms with Crippen LogP contribution in [0.2, 0.25) is 0 Å². The van der Waals surface area contributed by atoms with Gasteiger partial charge in [0.15, 0.2) is 0 Å². The second-order valence-electron chi connectivity index (χ2n) is 4.95. The van der Waals surface area contributed by atoms with Gasteiger partial charge in [-0.3, -0.25) is 9.69 Å². The number of thioether (sulfide) groups is 1. The van der Waals surface area contributed by atoms with Crippen molar-refractivity contribution < 1.29 is 14.7 Å². The van der Waals surface area contributed by atoms with Gasteiger partial charge in [-0.05, 0) is 31.9 Å². The zero-order valence-electron chi connectivity index (χ0n) is 11.9. The molecule has 1 aliphatic heterocycles. The SMILES string of the molecule is CCC(CC)(C(=O)O)N1C(=O)C(C)Sc2ccccc21. The molecule has 0 aromatic heterocycles. The molecule has 0 aliphatic carbocycles. The Morgan fingerprint density at radius 1 is 1.35 bits per heavy atom. The summed E-state index contributed by atoms with van der Waals surface area (Å²) in [5, 5.41) is 9.44. The molecule has 0 fully saturated rings. The first-order chi connectivity index (χ1) is 9.47. The fourth-order valence-electron chi connectivity index (χ4n) is 2.69. The lowest BCUT2D eigenvalue weighted by Crippen LogP contribution is -2.59. The molecular formula is C15H19NO3S. The minimum absolute atomic E-state index is 0.125. The van der Waals surface area contributed by atoms with Gasteiger partial charge in [-0.25, -0.2) is 4.79 Å². The topological polar surface area (TPSA) is 57.6 Å². The van der Waals surface area contributed by atoms with E-state index in [0.717, 1.165) is 4.90 Å². The summed E-state index contributed by atoms with van der Waals surface area (Å²) in [6, 6.07) is 7.52. The summed E-state index contributed by atoms with van der Waals surface area (Å²) >= 11 is 1.49. The van der Waals surface area contributed by atoms with Crippen molar-refractivity contribution in [3.63, 3.8) is 0 Å². The van der Waals surface area contributed by atoms with E-state index in [-0.39, 0.29) is 11.2 Å². The monoisotopic (exact) mass is 293 g/mol. The van der Waals surface area contributed by atoms with Crippen LogP contribution in [0.25, 0.3) is 0 Å². The lowest BCUT2D eigenvalue weighted by atomic mass is 9.89. The molecule has 2 rings (SSSR count). The molecule has 0 saturated carbocycles. The van der Waals surface area contributed by atoms with E-state index in [9.17, 15) is 14.7 Å². The molecule has 0 radical (unpaired) electrons. The van der Waals surface area contributed by atoms with Crippen molar-refractivity contribution in [2.24, 2.45) is 0 Å². The number of fused-ring (bicyclic) bond motifs is 1. The Bertz CT molecular complexity index is 540. The third kappa shape index (κ3) is 2.10. The van der Waals surface area contributed by atoms with Crippen LogP contribution in [0.3, 0.4) is 0 Å². The number of carboxylic acids is 1. The van der Waals surface area contributed by atoms with E-state index in [2.05, 4.69) is 0 Å². The third-order valence-corrected chi connectivity index (χ3v) is 5.13. The van der Waals surface area contributed by atoms with E-state index in [4.69, 9.17) is 0 Å². The van der Waals surface area contributed by atoms with Gasteiger partial charge in [0, 0.05) is 4.90 Å². The highest BCUT2D eigenvalue weighted by Crippen LogP contribution is 2.43. The number of para-hydroxylation sites is 1. The molecule has 20 heavy (non-hydrogen) atoms. The maximum Gasteiger partial charge on any atom is 0.329 e. The van der Waals surface area contributed by atoms with E-state index in [1.54, 1.807) is 0 Å². The number of aliphatic carboxylic acids is 1. The highest BCUT2D eigenvalue weighted by molar-refractivity contribution is 8.01. The van der Waals surface area contributed by atoms with Gasteiger partial charge >= 0.3 is 5.97 Å². The summed E-state index contributed by atoms with van der Waals surface area (Å²) in [5.74, 6) is -1.07. The Kier molecular flexibility index (Phi) is 4.09. The van der Waals surface area contributed by atoms with Gasteiger partial charge in [0.2, 0.25) is 5.91 Å². The number of hydrogen-bond donors (Lipinski definition) is 1. The molecule has 1 amide bonds. The first-order valence-corrected chi connectivity index (χ1v) is 7.69. The minimum Gasteiger partial charge on any atom is -0.479 e. The number of amides is 1. The number of hydrogen-bond acceptors (Lipinski definition) is 3. The largest absolute Gasteiger partial charge is 0.479 e. The summed E-state index contributed by atoms with van der Waals surface area (Å²) < 4.78 is 0.